The van der Waals surface area contributed by atoms with Crippen LogP contribution in [0, 0.1) is 5.92 Å². The maximum Gasteiger partial charge on any atom is 0.242 e. The normalized spacial score (nSPS) is 17.9. The molecule has 0 saturated heterocycles. The summed E-state index contributed by atoms with van der Waals surface area (Å²) in [5.74, 6) is 0.152. The van der Waals surface area contributed by atoms with Crippen molar-refractivity contribution < 1.29 is 9.59 Å². The van der Waals surface area contributed by atoms with E-state index in [1.165, 1.54) is 11.1 Å². The summed E-state index contributed by atoms with van der Waals surface area (Å²) in [7, 11) is 0. The van der Waals surface area contributed by atoms with Crippen LogP contribution in [0.4, 0.5) is 0 Å². The van der Waals surface area contributed by atoms with E-state index in [2.05, 4.69) is 41.9 Å². The number of carbonyl (C=O) groups excluding carboxylic acids is 2. The Balaban J connectivity index is 1.98. The molecule has 0 spiro atoms. The molecule has 24 heavy (non-hydrogen) atoms. The van der Waals surface area contributed by atoms with Crippen LogP contribution in [0.5, 0.6) is 0 Å². The number of rotatable bonds is 7. The van der Waals surface area contributed by atoms with Gasteiger partial charge in [0.25, 0.3) is 0 Å². The molecular formula is C19H29N3O2. The highest BCUT2D eigenvalue weighted by Gasteiger charge is 2.28. The van der Waals surface area contributed by atoms with Crippen LogP contribution in [0.3, 0.4) is 0 Å². The van der Waals surface area contributed by atoms with Crippen LogP contribution in [0.25, 0.3) is 0 Å². The predicted octanol–water partition coefficient (Wildman–Crippen LogP) is 1.76. The van der Waals surface area contributed by atoms with Crippen LogP contribution in [-0.4, -0.2) is 30.4 Å². The molecule has 0 saturated carbocycles. The highest BCUT2D eigenvalue weighted by Crippen LogP contribution is 2.16. The SMILES string of the molecule is CCCNC(=O)[C@@H](CC(C)C)NC(=O)[C@@H]1Cc2ccccc2CN1. The lowest BCUT2D eigenvalue weighted by atomic mass is 9.95. The maximum atomic E-state index is 12.6. The van der Waals surface area contributed by atoms with Gasteiger partial charge in [0.05, 0.1) is 6.04 Å². The summed E-state index contributed by atoms with van der Waals surface area (Å²) in [5, 5.41) is 9.10. The van der Waals surface area contributed by atoms with E-state index in [0.717, 1.165) is 6.42 Å². The minimum Gasteiger partial charge on any atom is -0.354 e. The van der Waals surface area contributed by atoms with Crippen LogP contribution >= 0.6 is 0 Å². The second kappa shape index (κ2) is 8.83. The zero-order chi connectivity index (χ0) is 17.5. The molecule has 1 heterocycles. The Kier molecular flexibility index (Phi) is 6.79. The van der Waals surface area contributed by atoms with Gasteiger partial charge < -0.3 is 16.0 Å². The fourth-order valence-electron chi connectivity index (χ4n) is 2.99. The number of amides is 2. The monoisotopic (exact) mass is 331 g/mol. The molecule has 2 rings (SSSR count). The van der Waals surface area contributed by atoms with Crippen molar-refractivity contribution in [3.63, 3.8) is 0 Å². The summed E-state index contributed by atoms with van der Waals surface area (Å²) in [6, 6.07) is 7.40. The van der Waals surface area contributed by atoms with Gasteiger partial charge in [-0.3, -0.25) is 9.59 Å². The first kappa shape index (κ1) is 18.5. The third kappa shape index (κ3) is 5.06. The number of hydrogen-bond acceptors (Lipinski definition) is 3. The minimum atomic E-state index is -0.469. The summed E-state index contributed by atoms with van der Waals surface area (Å²) in [6.45, 7) is 7.45. The molecule has 1 aromatic rings. The van der Waals surface area contributed by atoms with Crippen LogP contribution in [-0.2, 0) is 22.6 Å². The van der Waals surface area contributed by atoms with E-state index in [1.807, 2.05) is 19.1 Å². The van der Waals surface area contributed by atoms with Crippen molar-refractivity contribution in [2.24, 2.45) is 5.92 Å². The Morgan fingerprint density at radius 3 is 2.62 bits per heavy atom. The van der Waals surface area contributed by atoms with Crippen LogP contribution in [0.15, 0.2) is 24.3 Å². The van der Waals surface area contributed by atoms with E-state index in [-0.39, 0.29) is 17.9 Å². The topological polar surface area (TPSA) is 70.2 Å². The Hall–Kier alpha value is -1.88. The molecule has 0 fully saturated rings. The highest BCUT2D eigenvalue weighted by molar-refractivity contribution is 5.90. The van der Waals surface area contributed by atoms with Gasteiger partial charge in [-0.05, 0) is 36.3 Å². The number of hydrogen-bond donors (Lipinski definition) is 3. The lowest BCUT2D eigenvalue weighted by Crippen LogP contribution is -2.54. The van der Waals surface area contributed by atoms with Gasteiger partial charge in [-0.2, -0.15) is 0 Å². The van der Waals surface area contributed by atoms with Crippen molar-refractivity contribution in [1.82, 2.24) is 16.0 Å². The minimum absolute atomic E-state index is 0.0879. The molecule has 0 radical (unpaired) electrons. The van der Waals surface area contributed by atoms with E-state index in [9.17, 15) is 9.59 Å². The lowest BCUT2D eigenvalue weighted by molar-refractivity contribution is -0.130. The van der Waals surface area contributed by atoms with Crippen molar-refractivity contribution in [3.8, 4) is 0 Å². The fourth-order valence-corrected chi connectivity index (χ4v) is 2.99. The Morgan fingerprint density at radius 2 is 1.96 bits per heavy atom. The number of carbonyl (C=O) groups is 2. The smallest absolute Gasteiger partial charge is 0.242 e. The number of benzene rings is 1. The average molecular weight is 331 g/mol. The van der Waals surface area contributed by atoms with Crippen molar-refractivity contribution in [2.45, 2.75) is 58.7 Å². The van der Waals surface area contributed by atoms with E-state index in [4.69, 9.17) is 0 Å². The first-order chi connectivity index (χ1) is 11.5. The molecule has 2 amide bonds. The Bertz CT molecular complexity index is 571. The van der Waals surface area contributed by atoms with Gasteiger partial charge in [-0.25, -0.2) is 0 Å². The van der Waals surface area contributed by atoms with Gasteiger partial charge in [0.2, 0.25) is 11.8 Å². The molecule has 132 valence electrons. The molecule has 0 unspecified atom stereocenters. The lowest BCUT2D eigenvalue weighted by Gasteiger charge is -2.28. The van der Waals surface area contributed by atoms with Crippen molar-refractivity contribution in [1.29, 1.82) is 0 Å². The largest absolute Gasteiger partial charge is 0.354 e. The molecule has 5 nitrogen and oxygen atoms in total. The number of nitrogens with one attached hydrogen (secondary N) is 3. The molecule has 3 N–H and O–H groups in total. The average Bonchev–Trinajstić information content (AvgIpc) is 2.58. The van der Waals surface area contributed by atoms with Gasteiger partial charge in [0.15, 0.2) is 0 Å². The summed E-state index contributed by atoms with van der Waals surface area (Å²) in [4.78, 5) is 24.9. The third-order valence-corrected chi connectivity index (χ3v) is 4.29. The summed E-state index contributed by atoms with van der Waals surface area (Å²) in [5.41, 5.74) is 2.44. The zero-order valence-corrected chi connectivity index (χ0v) is 14.9. The van der Waals surface area contributed by atoms with Gasteiger partial charge in [0, 0.05) is 13.1 Å². The number of fused-ring (bicyclic) bond motifs is 1. The highest BCUT2D eigenvalue weighted by atomic mass is 16.2. The quantitative estimate of drug-likeness (QED) is 0.713. The zero-order valence-electron chi connectivity index (χ0n) is 14.9. The van der Waals surface area contributed by atoms with Crippen LogP contribution < -0.4 is 16.0 Å². The Morgan fingerprint density at radius 1 is 1.25 bits per heavy atom. The molecule has 1 aromatic carbocycles. The van der Waals surface area contributed by atoms with Gasteiger partial charge in [0.1, 0.15) is 6.04 Å². The molecule has 0 aliphatic carbocycles. The van der Waals surface area contributed by atoms with E-state index in [1.54, 1.807) is 0 Å². The predicted molar refractivity (Wildman–Crippen MR) is 95.5 cm³/mol. The molecule has 1 aliphatic rings. The Labute approximate surface area is 144 Å². The molecule has 1 aliphatic heterocycles. The van der Waals surface area contributed by atoms with Crippen molar-refractivity contribution >= 4 is 11.8 Å². The summed E-state index contributed by atoms with van der Waals surface area (Å²) < 4.78 is 0. The van der Waals surface area contributed by atoms with E-state index < -0.39 is 6.04 Å². The second-order valence-corrected chi connectivity index (χ2v) is 6.89. The molecule has 2 atom stereocenters. The van der Waals surface area contributed by atoms with Crippen LogP contribution in [0.1, 0.15) is 44.7 Å². The molecular weight excluding hydrogens is 302 g/mol. The molecule has 5 heteroatoms. The van der Waals surface area contributed by atoms with Gasteiger partial charge in [-0.15, -0.1) is 0 Å². The molecule has 0 bridgehead atoms. The second-order valence-electron chi connectivity index (χ2n) is 6.89. The first-order valence-electron chi connectivity index (χ1n) is 8.89. The maximum absolute atomic E-state index is 12.6. The van der Waals surface area contributed by atoms with E-state index in [0.29, 0.717) is 31.8 Å². The standard InChI is InChI=1S/C19H29N3O2/c1-4-9-20-18(23)17(10-13(2)3)22-19(24)16-11-14-7-5-6-8-15(14)12-21-16/h5-8,13,16-17,21H,4,9-12H2,1-3H3,(H,20,23)(H,22,24)/t16-,17+/m0/s1. The van der Waals surface area contributed by atoms with Gasteiger partial charge >= 0.3 is 0 Å². The third-order valence-electron chi connectivity index (χ3n) is 4.29. The van der Waals surface area contributed by atoms with Gasteiger partial charge in [-0.1, -0.05) is 45.0 Å². The molecule has 0 aromatic heterocycles. The summed E-state index contributed by atoms with van der Waals surface area (Å²) in [6.07, 6.45) is 2.19. The van der Waals surface area contributed by atoms with Crippen molar-refractivity contribution in [3.05, 3.63) is 35.4 Å². The first-order valence-corrected chi connectivity index (χ1v) is 8.89. The van der Waals surface area contributed by atoms with Crippen molar-refractivity contribution in [2.75, 3.05) is 6.54 Å². The summed E-state index contributed by atoms with van der Waals surface area (Å²) >= 11 is 0. The van der Waals surface area contributed by atoms with Crippen LogP contribution in [0.2, 0.25) is 0 Å². The van der Waals surface area contributed by atoms with E-state index >= 15 is 0 Å². The fraction of sp³-hybridized carbons (Fsp3) is 0.579.